The molecule has 0 unspecified atom stereocenters. The standard InChI is InChI=1S/C15H18BrN3/c1-10-3-4-11(16)7-12(10)13-8-18-14(19-13)15(9-17)5-2-6-15/h3-4,7-8H,2,5-6,9,17H2,1H3,(H,18,19). The summed E-state index contributed by atoms with van der Waals surface area (Å²) in [6.45, 7) is 2.79. The summed E-state index contributed by atoms with van der Waals surface area (Å²) in [6, 6.07) is 6.30. The zero-order valence-corrected chi connectivity index (χ0v) is 12.6. The van der Waals surface area contributed by atoms with E-state index in [0.29, 0.717) is 6.54 Å². The predicted octanol–water partition coefficient (Wildman–Crippen LogP) is 3.53. The minimum Gasteiger partial charge on any atom is -0.341 e. The summed E-state index contributed by atoms with van der Waals surface area (Å²) in [4.78, 5) is 8.06. The van der Waals surface area contributed by atoms with E-state index in [4.69, 9.17) is 5.73 Å². The number of imidazole rings is 1. The number of nitrogens with zero attached hydrogens (tertiary/aromatic N) is 1. The third kappa shape index (κ3) is 2.13. The molecule has 19 heavy (non-hydrogen) atoms. The highest BCUT2D eigenvalue weighted by Crippen LogP contribution is 2.42. The Bertz CT molecular complexity index is 594. The maximum Gasteiger partial charge on any atom is 0.114 e. The minimum atomic E-state index is 0.0954. The van der Waals surface area contributed by atoms with Gasteiger partial charge in [0.25, 0.3) is 0 Å². The van der Waals surface area contributed by atoms with Gasteiger partial charge >= 0.3 is 0 Å². The number of halogens is 1. The maximum atomic E-state index is 5.94. The first-order chi connectivity index (χ1) is 9.14. The number of aryl methyl sites for hydroxylation is 1. The first-order valence-electron chi connectivity index (χ1n) is 6.67. The third-order valence-corrected chi connectivity index (χ3v) is 4.76. The molecule has 3 rings (SSSR count). The second kappa shape index (κ2) is 4.76. The molecule has 100 valence electrons. The highest BCUT2D eigenvalue weighted by atomic mass is 79.9. The molecule has 0 radical (unpaired) electrons. The fourth-order valence-electron chi connectivity index (χ4n) is 2.75. The van der Waals surface area contributed by atoms with Crippen molar-refractivity contribution in [1.82, 2.24) is 9.97 Å². The van der Waals surface area contributed by atoms with Crippen LogP contribution < -0.4 is 5.73 Å². The van der Waals surface area contributed by atoms with Crippen LogP contribution in [0.1, 0.15) is 30.7 Å². The number of H-pyrrole nitrogens is 1. The maximum absolute atomic E-state index is 5.94. The smallest absolute Gasteiger partial charge is 0.114 e. The minimum absolute atomic E-state index is 0.0954. The summed E-state index contributed by atoms with van der Waals surface area (Å²) in [6.07, 6.45) is 5.48. The molecule has 2 aromatic rings. The molecule has 1 aliphatic carbocycles. The van der Waals surface area contributed by atoms with Gasteiger partial charge in [-0.3, -0.25) is 0 Å². The van der Waals surface area contributed by atoms with Crippen LogP contribution in [0, 0.1) is 6.92 Å². The topological polar surface area (TPSA) is 54.7 Å². The molecule has 1 aliphatic rings. The van der Waals surface area contributed by atoms with E-state index in [2.05, 4.69) is 51.0 Å². The van der Waals surface area contributed by atoms with E-state index in [9.17, 15) is 0 Å². The normalized spacial score (nSPS) is 17.2. The van der Waals surface area contributed by atoms with Gasteiger partial charge in [0.05, 0.1) is 11.9 Å². The molecule has 0 spiro atoms. The van der Waals surface area contributed by atoms with E-state index in [1.807, 2.05) is 6.20 Å². The van der Waals surface area contributed by atoms with Gasteiger partial charge in [-0.25, -0.2) is 4.98 Å². The molecule has 1 saturated carbocycles. The summed E-state index contributed by atoms with van der Waals surface area (Å²) >= 11 is 3.52. The van der Waals surface area contributed by atoms with Crippen LogP contribution >= 0.6 is 15.9 Å². The van der Waals surface area contributed by atoms with E-state index >= 15 is 0 Å². The van der Waals surface area contributed by atoms with Crippen molar-refractivity contribution in [3.63, 3.8) is 0 Å². The molecular weight excluding hydrogens is 302 g/mol. The molecule has 3 nitrogen and oxygen atoms in total. The fourth-order valence-corrected chi connectivity index (χ4v) is 3.11. The molecule has 3 N–H and O–H groups in total. The number of hydrogen-bond acceptors (Lipinski definition) is 2. The molecule has 0 aliphatic heterocycles. The fraction of sp³-hybridized carbons (Fsp3) is 0.400. The Morgan fingerprint density at radius 3 is 2.84 bits per heavy atom. The van der Waals surface area contributed by atoms with Crippen molar-refractivity contribution in [2.75, 3.05) is 6.54 Å². The van der Waals surface area contributed by atoms with Crippen LogP contribution in [0.25, 0.3) is 11.3 Å². The molecule has 1 heterocycles. The average molecular weight is 320 g/mol. The van der Waals surface area contributed by atoms with Gasteiger partial charge in [0.1, 0.15) is 5.82 Å². The molecule has 1 aromatic heterocycles. The number of aromatic nitrogens is 2. The second-order valence-electron chi connectivity index (χ2n) is 5.44. The van der Waals surface area contributed by atoms with Gasteiger partial charge in [0.2, 0.25) is 0 Å². The van der Waals surface area contributed by atoms with E-state index in [-0.39, 0.29) is 5.41 Å². The Hall–Kier alpha value is -1.13. The molecular formula is C15H18BrN3. The van der Waals surface area contributed by atoms with Crippen molar-refractivity contribution in [3.05, 3.63) is 40.3 Å². The lowest BCUT2D eigenvalue weighted by Crippen LogP contribution is -2.42. The Morgan fingerprint density at radius 1 is 1.42 bits per heavy atom. The van der Waals surface area contributed by atoms with E-state index in [0.717, 1.165) is 28.8 Å². The van der Waals surface area contributed by atoms with E-state index in [1.165, 1.54) is 17.5 Å². The first-order valence-corrected chi connectivity index (χ1v) is 7.46. The SMILES string of the molecule is Cc1ccc(Br)cc1-c1cnc(C2(CN)CCC2)[nH]1. The molecule has 0 amide bonds. The Morgan fingerprint density at radius 2 is 2.21 bits per heavy atom. The summed E-state index contributed by atoms with van der Waals surface area (Å²) in [5.41, 5.74) is 9.55. The summed E-state index contributed by atoms with van der Waals surface area (Å²) in [5, 5.41) is 0. The van der Waals surface area contributed by atoms with Crippen LogP contribution in [0.3, 0.4) is 0 Å². The summed E-state index contributed by atoms with van der Waals surface area (Å²) in [7, 11) is 0. The van der Waals surface area contributed by atoms with Gasteiger partial charge in [-0.05, 0) is 37.5 Å². The highest BCUT2D eigenvalue weighted by molar-refractivity contribution is 9.10. The first kappa shape index (κ1) is 12.9. The summed E-state index contributed by atoms with van der Waals surface area (Å²) in [5.74, 6) is 1.05. The molecule has 0 saturated heterocycles. The lowest BCUT2D eigenvalue weighted by Gasteiger charge is -2.39. The number of aromatic amines is 1. The van der Waals surface area contributed by atoms with Crippen molar-refractivity contribution in [2.24, 2.45) is 5.73 Å². The van der Waals surface area contributed by atoms with Crippen LogP contribution in [0.15, 0.2) is 28.9 Å². The number of rotatable bonds is 3. The van der Waals surface area contributed by atoms with E-state index < -0.39 is 0 Å². The van der Waals surface area contributed by atoms with Crippen molar-refractivity contribution in [2.45, 2.75) is 31.6 Å². The average Bonchev–Trinajstić information content (AvgIpc) is 2.81. The predicted molar refractivity (Wildman–Crippen MR) is 81.0 cm³/mol. The van der Waals surface area contributed by atoms with Gasteiger partial charge in [-0.2, -0.15) is 0 Å². The molecule has 4 heteroatoms. The zero-order valence-electron chi connectivity index (χ0n) is 11.0. The van der Waals surface area contributed by atoms with Crippen LogP contribution in [0.5, 0.6) is 0 Å². The molecule has 0 bridgehead atoms. The third-order valence-electron chi connectivity index (χ3n) is 4.27. The van der Waals surface area contributed by atoms with Crippen molar-refractivity contribution >= 4 is 15.9 Å². The van der Waals surface area contributed by atoms with Gasteiger partial charge < -0.3 is 10.7 Å². The van der Waals surface area contributed by atoms with E-state index in [1.54, 1.807) is 0 Å². The number of nitrogens with two attached hydrogens (primary N) is 1. The largest absolute Gasteiger partial charge is 0.341 e. The van der Waals surface area contributed by atoms with Gasteiger partial charge in [-0.15, -0.1) is 0 Å². The Labute approximate surface area is 121 Å². The molecule has 0 atom stereocenters. The second-order valence-corrected chi connectivity index (χ2v) is 6.36. The van der Waals surface area contributed by atoms with Crippen LogP contribution in [-0.4, -0.2) is 16.5 Å². The quantitative estimate of drug-likeness (QED) is 0.909. The number of nitrogens with one attached hydrogen (secondary N) is 1. The number of hydrogen-bond donors (Lipinski definition) is 2. The van der Waals surface area contributed by atoms with Gasteiger partial charge in [0, 0.05) is 22.0 Å². The lowest BCUT2D eigenvalue weighted by molar-refractivity contribution is 0.240. The van der Waals surface area contributed by atoms with Crippen molar-refractivity contribution in [1.29, 1.82) is 0 Å². The Balaban J connectivity index is 1.99. The monoisotopic (exact) mass is 319 g/mol. The van der Waals surface area contributed by atoms with Crippen molar-refractivity contribution < 1.29 is 0 Å². The number of benzene rings is 1. The van der Waals surface area contributed by atoms with Crippen LogP contribution in [-0.2, 0) is 5.41 Å². The van der Waals surface area contributed by atoms with Gasteiger partial charge in [0.15, 0.2) is 0 Å². The lowest BCUT2D eigenvalue weighted by atomic mass is 9.68. The zero-order chi connectivity index (χ0) is 13.5. The summed E-state index contributed by atoms with van der Waals surface area (Å²) < 4.78 is 1.08. The molecule has 1 aromatic carbocycles. The highest BCUT2D eigenvalue weighted by Gasteiger charge is 2.39. The van der Waals surface area contributed by atoms with Gasteiger partial charge in [-0.1, -0.05) is 28.4 Å². The molecule has 1 fully saturated rings. The van der Waals surface area contributed by atoms with Crippen molar-refractivity contribution in [3.8, 4) is 11.3 Å². The van der Waals surface area contributed by atoms with Crippen LogP contribution in [0.2, 0.25) is 0 Å². The Kier molecular flexibility index (Phi) is 3.23. The van der Waals surface area contributed by atoms with Crippen LogP contribution in [0.4, 0.5) is 0 Å².